The molecule has 2 N–H and O–H groups in total. The van der Waals surface area contributed by atoms with Crippen molar-refractivity contribution in [3.63, 3.8) is 0 Å². The molecule has 1 amide bonds. The Morgan fingerprint density at radius 3 is 3.16 bits per heavy atom. The number of likely N-dealkylation sites (tertiary alicyclic amines) is 1. The number of aromatic nitrogens is 1. The number of rotatable bonds is 4. The molecule has 0 spiro atoms. The zero-order valence-electron chi connectivity index (χ0n) is 11.1. The molecule has 1 aliphatic heterocycles. The van der Waals surface area contributed by atoms with E-state index < -0.39 is 0 Å². The second-order valence-corrected chi connectivity index (χ2v) is 5.32. The molecular formula is C15H19N3O. The summed E-state index contributed by atoms with van der Waals surface area (Å²) >= 11 is 0. The molecule has 0 bridgehead atoms. The van der Waals surface area contributed by atoms with Crippen LogP contribution < -0.4 is 5.32 Å². The SMILES string of the molecule is CN1CCC[C@@H]1Cc1c[nH]c2ccc(NC=O)cc12. The van der Waals surface area contributed by atoms with Crippen LogP contribution in [0.2, 0.25) is 0 Å². The van der Waals surface area contributed by atoms with Crippen LogP contribution in [-0.4, -0.2) is 35.9 Å². The number of hydrogen-bond acceptors (Lipinski definition) is 2. The third-order valence-electron chi connectivity index (χ3n) is 4.12. The molecule has 19 heavy (non-hydrogen) atoms. The Labute approximate surface area is 112 Å². The number of carbonyl (C=O) groups is 1. The maximum atomic E-state index is 10.5. The molecule has 0 saturated carbocycles. The van der Waals surface area contributed by atoms with E-state index >= 15 is 0 Å². The second-order valence-electron chi connectivity index (χ2n) is 5.32. The van der Waals surface area contributed by atoms with Gasteiger partial charge in [0.1, 0.15) is 0 Å². The van der Waals surface area contributed by atoms with E-state index in [1.807, 2.05) is 18.2 Å². The molecule has 0 aliphatic carbocycles. The topological polar surface area (TPSA) is 48.1 Å². The summed E-state index contributed by atoms with van der Waals surface area (Å²) < 4.78 is 0. The molecule has 1 aromatic heterocycles. The Morgan fingerprint density at radius 1 is 1.53 bits per heavy atom. The Hall–Kier alpha value is -1.81. The van der Waals surface area contributed by atoms with E-state index in [4.69, 9.17) is 0 Å². The minimum absolute atomic E-state index is 0.640. The average Bonchev–Trinajstić information content (AvgIpc) is 2.98. The van der Waals surface area contributed by atoms with Gasteiger partial charge in [0.2, 0.25) is 6.41 Å². The molecule has 1 atom stereocenters. The van der Waals surface area contributed by atoms with Crippen molar-refractivity contribution in [2.24, 2.45) is 0 Å². The monoisotopic (exact) mass is 257 g/mol. The third kappa shape index (κ3) is 2.36. The molecule has 1 aromatic carbocycles. The fourth-order valence-electron chi connectivity index (χ4n) is 3.00. The van der Waals surface area contributed by atoms with Crippen molar-refractivity contribution in [2.75, 3.05) is 18.9 Å². The van der Waals surface area contributed by atoms with Crippen molar-refractivity contribution in [2.45, 2.75) is 25.3 Å². The van der Waals surface area contributed by atoms with Crippen molar-refractivity contribution < 1.29 is 4.79 Å². The van der Waals surface area contributed by atoms with Crippen molar-refractivity contribution in [3.05, 3.63) is 30.0 Å². The number of benzene rings is 1. The van der Waals surface area contributed by atoms with Gasteiger partial charge in [-0.05, 0) is 56.6 Å². The van der Waals surface area contributed by atoms with Crippen molar-refractivity contribution in [1.82, 2.24) is 9.88 Å². The van der Waals surface area contributed by atoms with Gasteiger partial charge in [-0.3, -0.25) is 4.79 Å². The summed E-state index contributed by atoms with van der Waals surface area (Å²) in [6.07, 6.45) is 6.46. The number of H-pyrrole nitrogens is 1. The standard InChI is InChI=1S/C15H19N3O/c1-18-6-2-3-13(18)7-11-9-16-15-5-4-12(17-10-19)8-14(11)15/h4-5,8-10,13,16H,2-3,6-7H2,1H3,(H,17,19)/t13-/m1/s1. The summed E-state index contributed by atoms with van der Waals surface area (Å²) in [6, 6.07) is 6.62. The zero-order chi connectivity index (χ0) is 13.2. The average molecular weight is 257 g/mol. The molecule has 2 aromatic rings. The highest BCUT2D eigenvalue weighted by molar-refractivity contribution is 5.88. The first kappa shape index (κ1) is 12.2. The van der Waals surface area contributed by atoms with Gasteiger partial charge >= 0.3 is 0 Å². The predicted octanol–water partition coefficient (Wildman–Crippen LogP) is 2.37. The lowest BCUT2D eigenvalue weighted by atomic mass is 10.0. The Bertz CT molecular complexity index is 590. The van der Waals surface area contributed by atoms with Crippen molar-refractivity contribution in [1.29, 1.82) is 0 Å². The van der Waals surface area contributed by atoms with E-state index in [0.717, 1.165) is 24.0 Å². The van der Waals surface area contributed by atoms with Crippen molar-refractivity contribution >= 4 is 23.0 Å². The van der Waals surface area contributed by atoms with Gasteiger partial charge in [-0.2, -0.15) is 0 Å². The fourth-order valence-corrected chi connectivity index (χ4v) is 3.00. The first-order chi connectivity index (χ1) is 9.28. The second kappa shape index (κ2) is 5.05. The van der Waals surface area contributed by atoms with Gasteiger partial charge in [-0.15, -0.1) is 0 Å². The normalized spacial score (nSPS) is 19.9. The van der Waals surface area contributed by atoms with Gasteiger partial charge in [-0.1, -0.05) is 0 Å². The van der Waals surface area contributed by atoms with Gasteiger partial charge in [0.15, 0.2) is 0 Å². The molecule has 0 radical (unpaired) electrons. The van der Waals surface area contributed by atoms with Crippen LogP contribution in [0.25, 0.3) is 10.9 Å². The molecule has 1 saturated heterocycles. The van der Waals surface area contributed by atoms with Crippen LogP contribution in [0, 0.1) is 0 Å². The first-order valence-corrected chi connectivity index (χ1v) is 6.78. The number of aromatic amines is 1. The molecule has 2 heterocycles. The Balaban J connectivity index is 1.90. The Morgan fingerprint density at radius 2 is 2.42 bits per heavy atom. The summed E-state index contributed by atoms with van der Waals surface area (Å²) in [5.41, 5.74) is 3.32. The lowest BCUT2D eigenvalue weighted by molar-refractivity contribution is -0.105. The molecule has 3 rings (SSSR count). The number of anilines is 1. The summed E-state index contributed by atoms with van der Waals surface area (Å²) in [5, 5.41) is 3.93. The molecular weight excluding hydrogens is 238 g/mol. The van der Waals surface area contributed by atoms with Crippen LogP contribution in [0.15, 0.2) is 24.4 Å². The fraction of sp³-hybridized carbons (Fsp3) is 0.400. The van der Waals surface area contributed by atoms with E-state index in [9.17, 15) is 4.79 Å². The molecule has 1 aliphatic rings. The van der Waals surface area contributed by atoms with Gasteiger partial charge < -0.3 is 15.2 Å². The maximum absolute atomic E-state index is 10.5. The highest BCUT2D eigenvalue weighted by atomic mass is 16.1. The van der Waals surface area contributed by atoms with E-state index in [0.29, 0.717) is 6.04 Å². The van der Waals surface area contributed by atoms with Crippen LogP contribution in [0.4, 0.5) is 5.69 Å². The maximum Gasteiger partial charge on any atom is 0.211 e. The number of carbonyl (C=O) groups excluding carboxylic acids is 1. The van der Waals surface area contributed by atoms with Gasteiger partial charge in [0.25, 0.3) is 0 Å². The summed E-state index contributed by atoms with van der Waals surface area (Å²) in [7, 11) is 2.20. The van der Waals surface area contributed by atoms with E-state index in [-0.39, 0.29) is 0 Å². The van der Waals surface area contributed by atoms with Gasteiger partial charge in [0.05, 0.1) is 0 Å². The van der Waals surface area contributed by atoms with Crippen LogP contribution in [-0.2, 0) is 11.2 Å². The number of likely N-dealkylation sites (N-methyl/N-ethyl adjacent to an activating group) is 1. The molecule has 1 fully saturated rings. The molecule has 0 unspecified atom stereocenters. The number of amides is 1. The van der Waals surface area contributed by atoms with E-state index in [1.165, 1.54) is 30.3 Å². The van der Waals surface area contributed by atoms with Crippen LogP contribution >= 0.6 is 0 Å². The predicted molar refractivity (Wildman–Crippen MR) is 77.3 cm³/mol. The molecule has 4 nitrogen and oxygen atoms in total. The summed E-state index contributed by atoms with van der Waals surface area (Å²) in [6.45, 7) is 1.20. The minimum atomic E-state index is 0.640. The number of nitrogens with zero attached hydrogens (tertiary/aromatic N) is 1. The zero-order valence-corrected chi connectivity index (χ0v) is 11.1. The van der Waals surface area contributed by atoms with E-state index in [2.05, 4.69) is 28.4 Å². The number of fused-ring (bicyclic) bond motifs is 1. The lowest BCUT2D eigenvalue weighted by Crippen LogP contribution is -2.26. The highest BCUT2D eigenvalue weighted by Gasteiger charge is 2.22. The van der Waals surface area contributed by atoms with Crippen LogP contribution in [0.5, 0.6) is 0 Å². The van der Waals surface area contributed by atoms with Gasteiger partial charge in [0, 0.05) is 28.8 Å². The van der Waals surface area contributed by atoms with E-state index in [1.54, 1.807) is 0 Å². The number of hydrogen-bond donors (Lipinski definition) is 2. The lowest BCUT2D eigenvalue weighted by Gasteiger charge is -2.18. The smallest absolute Gasteiger partial charge is 0.211 e. The van der Waals surface area contributed by atoms with Crippen LogP contribution in [0.1, 0.15) is 18.4 Å². The minimum Gasteiger partial charge on any atom is -0.361 e. The quantitative estimate of drug-likeness (QED) is 0.826. The first-order valence-electron chi connectivity index (χ1n) is 6.78. The molecule has 4 heteroatoms. The summed E-state index contributed by atoms with van der Waals surface area (Å²) in [4.78, 5) is 16.3. The highest BCUT2D eigenvalue weighted by Crippen LogP contribution is 2.26. The Kier molecular flexibility index (Phi) is 3.25. The number of nitrogens with one attached hydrogen (secondary N) is 2. The molecule has 100 valence electrons. The van der Waals surface area contributed by atoms with Gasteiger partial charge in [-0.25, -0.2) is 0 Å². The van der Waals surface area contributed by atoms with Crippen LogP contribution in [0.3, 0.4) is 0 Å². The van der Waals surface area contributed by atoms with Crippen molar-refractivity contribution in [3.8, 4) is 0 Å². The largest absolute Gasteiger partial charge is 0.361 e. The summed E-state index contributed by atoms with van der Waals surface area (Å²) in [5.74, 6) is 0. The third-order valence-corrected chi connectivity index (χ3v) is 4.12.